The molecule has 0 aliphatic heterocycles. The monoisotopic (exact) mass is 333 g/mol. The molecule has 0 aromatic heterocycles. The molecule has 1 aliphatic rings. The highest BCUT2D eigenvalue weighted by Crippen LogP contribution is 2.49. The Morgan fingerprint density at radius 3 is 2.36 bits per heavy atom. The SMILES string of the molecule is Cc1cc(C)cc(C2(C(=O)N=C(N)/C=C\Nc3ccccc3)CC2)c1. The number of aryl methyl sites for hydroxylation is 2. The molecule has 0 radical (unpaired) electrons. The van der Waals surface area contributed by atoms with Crippen LogP contribution in [0.5, 0.6) is 0 Å². The Labute approximate surface area is 148 Å². The van der Waals surface area contributed by atoms with Gasteiger partial charge in [0.1, 0.15) is 5.84 Å². The molecular formula is C21H23N3O. The van der Waals surface area contributed by atoms with E-state index in [0.29, 0.717) is 0 Å². The normalized spacial score (nSPS) is 16.0. The summed E-state index contributed by atoms with van der Waals surface area (Å²) in [6.45, 7) is 4.10. The first-order chi connectivity index (χ1) is 12.0. The van der Waals surface area contributed by atoms with Crippen LogP contribution < -0.4 is 11.1 Å². The molecule has 25 heavy (non-hydrogen) atoms. The maximum Gasteiger partial charge on any atom is 0.258 e. The summed E-state index contributed by atoms with van der Waals surface area (Å²) in [6, 6.07) is 16.0. The molecule has 128 valence electrons. The smallest absolute Gasteiger partial charge is 0.258 e. The number of carbonyl (C=O) groups excluding carboxylic acids is 1. The molecule has 3 rings (SSSR count). The minimum absolute atomic E-state index is 0.153. The van der Waals surface area contributed by atoms with Crippen molar-refractivity contribution in [3.8, 4) is 0 Å². The number of nitrogens with one attached hydrogen (secondary N) is 1. The first kappa shape index (κ1) is 17.0. The van der Waals surface area contributed by atoms with Crippen LogP contribution in [0.3, 0.4) is 0 Å². The van der Waals surface area contributed by atoms with Gasteiger partial charge in [0.15, 0.2) is 0 Å². The van der Waals surface area contributed by atoms with Crippen LogP contribution in [-0.4, -0.2) is 11.7 Å². The van der Waals surface area contributed by atoms with Crippen molar-refractivity contribution in [2.24, 2.45) is 10.7 Å². The molecule has 3 N–H and O–H groups in total. The minimum Gasteiger partial charge on any atom is -0.384 e. The Bertz CT molecular complexity index is 813. The number of rotatable bonds is 5. The predicted octanol–water partition coefficient (Wildman–Crippen LogP) is 3.84. The van der Waals surface area contributed by atoms with Crippen molar-refractivity contribution >= 4 is 17.4 Å². The highest BCUT2D eigenvalue weighted by Gasteiger charge is 2.51. The Hall–Kier alpha value is -2.88. The lowest BCUT2D eigenvalue weighted by Gasteiger charge is -2.13. The van der Waals surface area contributed by atoms with E-state index in [1.807, 2.05) is 44.2 Å². The van der Waals surface area contributed by atoms with Crippen LogP contribution >= 0.6 is 0 Å². The number of aliphatic imine (C=N–C) groups is 1. The molecule has 2 aromatic rings. The Morgan fingerprint density at radius 2 is 1.76 bits per heavy atom. The van der Waals surface area contributed by atoms with E-state index in [1.165, 1.54) is 0 Å². The molecule has 1 aliphatic carbocycles. The maximum atomic E-state index is 12.7. The van der Waals surface area contributed by atoms with Gasteiger partial charge >= 0.3 is 0 Å². The molecular weight excluding hydrogens is 310 g/mol. The van der Waals surface area contributed by atoms with Gasteiger partial charge in [0.05, 0.1) is 5.41 Å². The summed E-state index contributed by atoms with van der Waals surface area (Å²) in [5.74, 6) is 0.0587. The fourth-order valence-corrected chi connectivity index (χ4v) is 3.02. The average Bonchev–Trinajstić information content (AvgIpc) is 3.37. The second-order valence-electron chi connectivity index (χ2n) is 6.64. The van der Waals surface area contributed by atoms with Gasteiger partial charge in [0.2, 0.25) is 0 Å². The van der Waals surface area contributed by atoms with Gasteiger partial charge in [-0.05, 0) is 50.5 Å². The van der Waals surface area contributed by atoms with Crippen molar-refractivity contribution in [1.29, 1.82) is 0 Å². The van der Waals surface area contributed by atoms with E-state index in [0.717, 1.165) is 35.2 Å². The molecule has 4 heteroatoms. The molecule has 0 spiro atoms. The van der Waals surface area contributed by atoms with Gasteiger partial charge < -0.3 is 11.1 Å². The van der Waals surface area contributed by atoms with Gasteiger partial charge in [-0.2, -0.15) is 4.99 Å². The van der Waals surface area contributed by atoms with Crippen LogP contribution in [0, 0.1) is 13.8 Å². The van der Waals surface area contributed by atoms with Crippen LogP contribution in [0.2, 0.25) is 0 Å². The van der Waals surface area contributed by atoms with Crippen LogP contribution in [0.4, 0.5) is 5.69 Å². The Kier molecular flexibility index (Phi) is 4.70. The maximum absolute atomic E-state index is 12.7. The lowest BCUT2D eigenvalue weighted by Crippen LogP contribution is -2.22. The first-order valence-electron chi connectivity index (χ1n) is 8.45. The molecule has 1 amide bonds. The Morgan fingerprint density at radius 1 is 1.12 bits per heavy atom. The topological polar surface area (TPSA) is 67.5 Å². The standard InChI is InChI=1S/C21H23N3O/c1-15-12-16(2)14-17(13-15)21(9-10-21)20(25)24-19(22)8-11-23-18-6-4-3-5-7-18/h3-8,11-14,23H,9-10H2,1-2H3,(H2,22,24,25)/b11-8-. The van der Waals surface area contributed by atoms with Crippen LogP contribution in [0.15, 0.2) is 65.8 Å². The second-order valence-corrected chi connectivity index (χ2v) is 6.64. The Balaban J connectivity index is 1.71. The quantitative estimate of drug-likeness (QED) is 0.645. The van der Waals surface area contributed by atoms with Crippen molar-refractivity contribution in [2.75, 3.05) is 5.32 Å². The zero-order valence-corrected chi connectivity index (χ0v) is 14.6. The molecule has 0 bridgehead atoms. The third-order valence-corrected chi connectivity index (χ3v) is 4.44. The summed E-state index contributed by atoms with van der Waals surface area (Å²) in [6.07, 6.45) is 4.97. The lowest BCUT2D eigenvalue weighted by molar-refractivity contribution is -0.120. The van der Waals surface area contributed by atoms with Crippen molar-refractivity contribution < 1.29 is 4.79 Å². The second kappa shape index (κ2) is 6.93. The van der Waals surface area contributed by atoms with Gasteiger partial charge in [-0.1, -0.05) is 47.5 Å². The van der Waals surface area contributed by atoms with Crippen molar-refractivity contribution in [3.05, 3.63) is 77.5 Å². The highest BCUT2D eigenvalue weighted by molar-refractivity contribution is 6.04. The average molecular weight is 333 g/mol. The first-order valence-corrected chi connectivity index (χ1v) is 8.45. The van der Waals surface area contributed by atoms with E-state index in [-0.39, 0.29) is 11.7 Å². The van der Waals surface area contributed by atoms with Crippen molar-refractivity contribution in [1.82, 2.24) is 0 Å². The number of hydrogen-bond acceptors (Lipinski definition) is 2. The van der Waals surface area contributed by atoms with Crippen molar-refractivity contribution in [2.45, 2.75) is 32.1 Å². The summed E-state index contributed by atoms with van der Waals surface area (Å²) in [7, 11) is 0. The van der Waals surface area contributed by atoms with E-state index in [2.05, 4.69) is 28.5 Å². The molecule has 0 atom stereocenters. The number of carbonyl (C=O) groups is 1. The third kappa shape index (κ3) is 3.97. The fraction of sp³-hybridized carbons (Fsp3) is 0.238. The van der Waals surface area contributed by atoms with E-state index in [9.17, 15) is 4.79 Å². The number of amidine groups is 1. The number of hydrogen-bond donors (Lipinski definition) is 2. The number of nitrogens with two attached hydrogens (primary N) is 1. The van der Waals surface area contributed by atoms with Gasteiger partial charge in [-0.25, -0.2) is 0 Å². The van der Waals surface area contributed by atoms with Crippen LogP contribution in [0.1, 0.15) is 29.5 Å². The molecule has 1 fully saturated rings. The van der Waals surface area contributed by atoms with Gasteiger partial charge in [0, 0.05) is 11.9 Å². The van der Waals surface area contributed by atoms with E-state index >= 15 is 0 Å². The molecule has 2 aromatic carbocycles. The summed E-state index contributed by atoms with van der Waals surface area (Å²) in [5, 5.41) is 3.10. The van der Waals surface area contributed by atoms with Gasteiger partial charge in [-0.15, -0.1) is 0 Å². The number of benzene rings is 2. The predicted molar refractivity (Wildman–Crippen MR) is 103 cm³/mol. The van der Waals surface area contributed by atoms with E-state index < -0.39 is 5.41 Å². The summed E-state index contributed by atoms with van der Waals surface area (Å²) in [4.78, 5) is 16.8. The molecule has 0 unspecified atom stereocenters. The highest BCUT2D eigenvalue weighted by atomic mass is 16.1. The van der Waals surface area contributed by atoms with Gasteiger partial charge in [-0.3, -0.25) is 4.79 Å². The number of nitrogens with zero attached hydrogens (tertiary/aromatic N) is 1. The lowest BCUT2D eigenvalue weighted by atomic mass is 9.92. The fourth-order valence-electron chi connectivity index (χ4n) is 3.02. The van der Waals surface area contributed by atoms with Crippen LogP contribution in [0.25, 0.3) is 0 Å². The molecule has 0 saturated heterocycles. The summed E-state index contributed by atoms with van der Waals surface area (Å²) >= 11 is 0. The largest absolute Gasteiger partial charge is 0.384 e. The summed E-state index contributed by atoms with van der Waals surface area (Å²) in [5.41, 5.74) is 9.75. The third-order valence-electron chi connectivity index (χ3n) is 4.44. The van der Waals surface area contributed by atoms with Gasteiger partial charge in [0.25, 0.3) is 5.91 Å². The number of amides is 1. The molecule has 4 nitrogen and oxygen atoms in total. The van der Waals surface area contributed by atoms with Crippen molar-refractivity contribution in [3.63, 3.8) is 0 Å². The minimum atomic E-state index is -0.484. The van der Waals surface area contributed by atoms with Crippen LogP contribution in [-0.2, 0) is 10.2 Å². The van der Waals surface area contributed by atoms with E-state index in [4.69, 9.17) is 5.73 Å². The zero-order valence-electron chi connectivity index (χ0n) is 14.6. The number of para-hydroxylation sites is 1. The zero-order chi connectivity index (χ0) is 17.9. The molecule has 0 heterocycles. The van der Waals surface area contributed by atoms with E-state index in [1.54, 1.807) is 12.3 Å². The number of anilines is 1. The summed E-state index contributed by atoms with van der Waals surface area (Å²) < 4.78 is 0. The molecule has 1 saturated carbocycles.